The van der Waals surface area contributed by atoms with E-state index in [4.69, 9.17) is 37.0 Å². The minimum atomic E-state index is -4.96. The maximum absolute atomic E-state index is 13.1. The van der Waals surface area contributed by atoms with E-state index in [9.17, 15) is 43.2 Å². The van der Waals surface area contributed by atoms with Gasteiger partial charge in [-0.25, -0.2) is 9.13 Å². The lowest BCUT2D eigenvalue weighted by molar-refractivity contribution is -0.161. The highest BCUT2D eigenvalue weighted by Gasteiger charge is 2.30. The number of hydrogen-bond acceptors (Lipinski definition) is 15. The number of hydrogen-bond donors (Lipinski definition) is 3. The van der Waals surface area contributed by atoms with Crippen LogP contribution < -0.4 is 0 Å². The van der Waals surface area contributed by atoms with Crippen molar-refractivity contribution in [3.8, 4) is 0 Å². The third-order valence-electron chi connectivity index (χ3n) is 18.4. The van der Waals surface area contributed by atoms with Gasteiger partial charge in [0.15, 0.2) is 12.2 Å². The molecule has 0 rings (SSSR count). The summed E-state index contributed by atoms with van der Waals surface area (Å²) in [6, 6.07) is 0. The van der Waals surface area contributed by atoms with E-state index < -0.39 is 97.5 Å². The number of ether oxygens (including phenoxy) is 4. The molecule has 0 aromatic carbocycles. The van der Waals surface area contributed by atoms with Crippen molar-refractivity contribution in [2.45, 2.75) is 425 Å². The minimum absolute atomic E-state index is 0.108. The number of aliphatic hydroxyl groups excluding tert-OH is 1. The van der Waals surface area contributed by atoms with E-state index in [0.717, 1.165) is 102 Å². The summed E-state index contributed by atoms with van der Waals surface area (Å²) in [7, 11) is -9.91. The molecule has 6 atom stereocenters. The number of carbonyl (C=O) groups excluding carboxylic acids is 4. The zero-order valence-corrected chi connectivity index (χ0v) is 64.3. The molecule has 570 valence electrons. The molecule has 0 heterocycles. The molecule has 0 spiro atoms. The molecule has 3 N–H and O–H groups in total. The molecular formula is C77H150O17P2. The fourth-order valence-electron chi connectivity index (χ4n) is 11.8. The Balaban J connectivity index is 5.18. The number of esters is 4. The second-order valence-corrected chi connectivity index (χ2v) is 30.9. The smallest absolute Gasteiger partial charge is 0.462 e. The van der Waals surface area contributed by atoms with Crippen LogP contribution in [-0.2, 0) is 65.4 Å². The van der Waals surface area contributed by atoms with Crippen LogP contribution in [0.4, 0.5) is 0 Å². The molecule has 3 unspecified atom stereocenters. The molecule has 0 bridgehead atoms. The van der Waals surface area contributed by atoms with Gasteiger partial charge in [0.1, 0.15) is 19.3 Å². The van der Waals surface area contributed by atoms with Gasteiger partial charge in [-0.05, 0) is 31.6 Å². The van der Waals surface area contributed by atoms with Crippen LogP contribution in [0.3, 0.4) is 0 Å². The van der Waals surface area contributed by atoms with Crippen LogP contribution >= 0.6 is 15.6 Å². The molecule has 0 aromatic rings. The van der Waals surface area contributed by atoms with Crippen LogP contribution in [0.2, 0.25) is 0 Å². The number of carbonyl (C=O) groups is 4. The Morgan fingerprint density at radius 2 is 0.500 bits per heavy atom. The summed E-state index contributed by atoms with van der Waals surface area (Å²) in [5, 5.41) is 10.6. The Hall–Kier alpha value is -1.94. The summed E-state index contributed by atoms with van der Waals surface area (Å²) >= 11 is 0. The highest BCUT2D eigenvalue weighted by atomic mass is 31.2. The molecule has 0 saturated carbocycles. The lowest BCUT2D eigenvalue weighted by Gasteiger charge is -2.21. The van der Waals surface area contributed by atoms with Gasteiger partial charge in [0.2, 0.25) is 0 Å². The van der Waals surface area contributed by atoms with Crippen LogP contribution in [-0.4, -0.2) is 96.7 Å². The van der Waals surface area contributed by atoms with Gasteiger partial charge in [-0.3, -0.25) is 37.3 Å². The van der Waals surface area contributed by atoms with Gasteiger partial charge in [-0.15, -0.1) is 0 Å². The Morgan fingerprint density at radius 3 is 0.740 bits per heavy atom. The van der Waals surface area contributed by atoms with Gasteiger partial charge >= 0.3 is 39.5 Å². The van der Waals surface area contributed by atoms with Gasteiger partial charge in [0, 0.05) is 25.7 Å². The van der Waals surface area contributed by atoms with E-state index in [0.29, 0.717) is 25.7 Å². The Kier molecular flexibility index (Phi) is 68.7. The number of unbranched alkanes of at least 4 members (excludes halogenated alkanes) is 48. The van der Waals surface area contributed by atoms with Crippen molar-refractivity contribution in [1.82, 2.24) is 0 Å². The van der Waals surface area contributed by atoms with Gasteiger partial charge < -0.3 is 33.8 Å². The number of phosphoric ester groups is 2. The summed E-state index contributed by atoms with van der Waals surface area (Å²) in [6.45, 7) is 7.30. The van der Waals surface area contributed by atoms with E-state index in [1.165, 1.54) is 225 Å². The normalized spacial score (nSPS) is 14.2. The van der Waals surface area contributed by atoms with Crippen LogP contribution in [0.1, 0.15) is 407 Å². The summed E-state index contributed by atoms with van der Waals surface area (Å²) in [6.07, 6.45) is 59.7. The molecule has 19 heteroatoms. The van der Waals surface area contributed by atoms with Crippen molar-refractivity contribution >= 4 is 39.5 Å². The first-order chi connectivity index (χ1) is 46.6. The van der Waals surface area contributed by atoms with Gasteiger partial charge in [-0.1, -0.05) is 356 Å². The molecule has 0 fully saturated rings. The molecule has 96 heavy (non-hydrogen) atoms. The van der Waals surface area contributed by atoms with Crippen molar-refractivity contribution in [2.24, 2.45) is 5.92 Å². The quantitative estimate of drug-likeness (QED) is 0.0222. The monoisotopic (exact) mass is 1410 g/mol. The SMILES string of the molecule is CCCCCCCCCCCCCCCCCCCCCCCC(=O)O[C@H](COC(=O)CCCCCCCCCCCCC(C)CC)COP(=O)(O)OC[C@@H](O)COP(=O)(O)OC[C@@H](COC(=O)CCCCCCCCCC)OC(=O)CCCCCCCCCCCCCCC. The maximum atomic E-state index is 13.1. The molecule has 0 radical (unpaired) electrons. The number of phosphoric acid groups is 2. The molecular weight excluding hydrogens is 1260 g/mol. The van der Waals surface area contributed by atoms with Gasteiger partial charge in [0.05, 0.1) is 26.4 Å². The topological polar surface area (TPSA) is 237 Å². The Morgan fingerprint density at radius 1 is 0.292 bits per heavy atom. The second-order valence-electron chi connectivity index (χ2n) is 28.0. The van der Waals surface area contributed by atoms with Crippen LogP contribution in [0.25, 0.3) is 0 Å². The molecule has 0 aliphatic heterocycles. The van der Waals surface area contributed by atoms with E-state index in [-0.39, 0.29) is 25.7 Å². The number of rotatable bonds is 77. The third kappa shape index (κ3) is 69.2. The first-order valence-corrected chi connectivity index (χ1v) is 43.2. The molecule has 0 aliphatic carbocycles. The third-order valence-corrected chi connectivity index (χ3v) is 20.3. The Labute approximate surface area is 588 Å². The van der Waals surface area contributed by atoms with Gasteiger partial charge in [-0.2, -0.15) is 0 Å². The highest BCUT2D eigenvalue weighted by molar-refractivity contribution is 7.47. The van der Waals surface area contributed by atoms with Crippen molar-refractivity contribution in [1.29, 1.82) is 0 Å². The highest BCUT2D eigenvalue weighted by Crippen LogP contribution is 2.45. The van der Waals surface area contributed by atoms with Crippen LogP contribution in [0, 0.1) is 5.92 Å². The van der Waals surface area contributed by atoms with E-state index in [1.54, 1.807) is 0 Å². The molecule has 17 nitrogen and oxygen atoms in total. The summed E-state index contributed by atoms with van der Waals surface area (Å²) in [5.74, 6) is -1.31. The van der Waals surface area contributed by atoms with Crippen molar-refractivity contribution < 1.29 is 80.2 Å². The molecule has 0 aliphatic rings. The summed E-state index contributed by atoms with van der Waals surface area (Å²) < 4.78 is 68.5. The average Bonchev–Trinajstić information content (AvgIpc) is 3.79. The largest absolute Gasteiger partial charge is 0.472 e. The van der Waals surface area contributed by atoms with Crippen molar-refractivity contribution in [2.75, 3.05) is 39.6 Å². The summed E-state index contributed by atoms with van der Waals surface area (Å²) in [4.78, 5) is 72.7. The standard InChI is InChI=1S/C77H150O17P2/c1-6-10-13-16-19-22-24-26-27-28-29-30-31-32-33-35-37-43-48-53-58-63-77(82)94-73(67-88-75(80)61-56-51-46-41-39-38-40-44-49-54-59-70(5)9-4)69-92-96(85,86)90-65-71(78)64-89-95(83,84)91-68-72(66-87-74(79)60-55-50-45-21-18-15-12-8-3)93-76(81)62-57-52-47-42-36-34-25-23-20-17-14-11-7-2/h70-73,78H,6-69H2,1-5H3,(H,83,84)(H,85,86)/t70?,71-,72+,73+/m0/s1. The summed E-state index contributed by atoms with van der Waals surface area (Å²) in [5.41, 5.74) is 0. The predicted molar refractivity (Wildman–Crippen MR) is 391 cm³/mol. The maximum Gasteiger partial charge on any atom is 0.472 e. The van der Waals surface area contributed by atoms with Gasteiger partial charge in [0.25, 0.3) is 0 Å². The molecule has 0 saturated heterocycles. The Bertz CT molecular complexity index is 1840. The average molecular weight is 1410 g/mol. The zero-order valence-electron chi connectivity index (χ0n) is 62.5. The van der Waals surface area contributed by atoms with Crippen LogP contribution in [0.5, 0.6) is 0 Å². The molecule has 0 aromatic heterocycles. The second kappa shape index (κ2) is 70.1. The van der Waals surface area contributed by atoms with Crippen LogP contribution in [0.15, 0.2) is 0 Å². The fourth-order valence-corrected chi connectivity index (χ4v) is 13.4. The lowest BCUT2D eigenvalue weighted by Crippen LogP contribution is -2.30. The zero-order chi connectivity index (χ0) is 70.5. The number of aliphatic hydroxyl groups is 1. The predicted octanol–water partition coefficient (Wildman–Crippen LogP) is 22.9. The lowest BCUT2D eigenvalue weighted by atomic mass is 9.99. The van der Waals surface area contributed by atoms with Crippen molar-refractivity contribution in [3.63, 3.8) is 0 Å². The fraction of sp³-hybridized carbons (Fsp3) is 0.948. The van der Waals surface area contributed by atoms with E-state index in [1.807, 2.05) is 0 Å². The van der Waals surface area contributed by atoms with E-state index in [2.05, 4.69) is 34.6 Å². The minimum Gasteiger partial charge on any atom is -0.462 e. The van der Waals surface area contributed by atoms with Crippen molar-refractivity contribution in [3.05, 3.63) is 0 Å². The first-order valence-electron chi connectivity index (χ1n) is 40.2. The molecule has 0 amide bonds. The van der Waals surface area contributed by atoms with E-state index >= 15 is 0 Å². The first kappa shape index (κ1) is 94.1.